The molecule has 1 fully saturated rings. The van der Waals surface area contributed by atoms with Gasteiger partial charge in [-0.2, -0.15) is 0 Å². The molecule has 0 radical (unpaired) electrons. The number of piperazine rings is 1. The SMILES string of the molecule is CCN1CCN(Cc2cc(F)cc(C(=N)N)c2)CC1C. The Morgan fingerprint density at radius 3 is 2.75 bits per heavy atom. The van der Waals surface area contributed by atoms with Crippen LogP contribution in [0.1, 0.15) is 25.0 Å². The molecule has 1 heterocycles. The molecule has 1 aliphatic rings. The Kier molecular flexibility index (Phi) is 4.73. The van der Waals surface area contributed by atoms with Gasteiger partial charge in [-0.1, -0.05) is 6.92 Å². The molecule has 1 aromatic carbocycles. The molecule has 2 rings (SSSR count). The molecular formula is C15H23FN4. The van der Waals surface area contributed by atoms with Crippen LogP contribution in [0.3, 0.4) is 0 Å². The third-order valence-electron chi connectivity index (χ3n) is 3.93. The molecule has 1 saturated heterocycles. The standard InChI is InChI=1S/C15H23FN4/c1-3-20-5-4-19(9-11(20)2)10-12-6-13(15(17)18)8-14(16)7-12/h6-8,11H,3-5,9-10H2,1-2H3,(H3,17,18). The first kappa shape index (κ1) is 14.9. The Balaban J connectivity index is 2.05. The van der Waals surface area contributed by atoms with E-state index < -0.39 is 0 Å². The van der Waals surface area contributed by atoms with Crippen LogP contribution in [0, 0.1) is 11.2 Å². The first-order chi connectivity index (χ1) is 9.49. The van der Waals surface area contributed by atoms with Gasteiger partial charge >= 0.3 is 0 Å². The third kappa shape index (κ3) is 3.55. The van der Waals surface area contributed by atoms with Crippen LogP contribution < -0.4 is 5.73 Å². The maximum atomic E-state index is 13.6. The van der Waals surface area contributed by atoms with Crippen molar-refractivity contribution in [2.24, 2.45) is 5.73 Å². The lowest BCUT2D eigenvalue weighted by Gasteiger charge is -2.39. The number of halogens is 1. The second-order valence-electron chi connectivity index (χ2n) is 5.47. The van der Waals surface area contributed by atoms with Crippen LogP contribution in [-0.4, -0.2) is 47.9 Å². The molecule has 1 atom stereocenters. The van der Waals surface area contributed by atoms with Crippen LogP contribution in [0.5, 0.6) is 0 Å². The number of hydrogen-bond acceptors (Lipinski definition) is 3. The summed E-state index contributed by atoms with van der Waals surface area (Å²) in [6.45, 7) is 9.21. The van der Waals surface area contributed by atoms with Gasteiger partial charge in [0.15, 0.2) is 0 Å². The highest BCUT2D eigenvalue weighted by molar-refractivity contribution is 5.95. The Morgan fingerprint density at radius 1 is 1.40 bits per heavy atom. The van der Waals surface area contributed by atoms with Gasteiger partial charge in [0.25, 0.3) is 0 Å². The maximum absolute atomic E-state index is 13.6. The number of nitrogens with one attached hydrogen (secondary N) is 1. The lowest BCUT2D eigenvalue weighted by atomic mass is 10.1. The number of rotatable bonds is 4. The number of likely N-dealkylation sites (N-methyl/N-ethyl adjacent to an activating group) is 1. The highest BCUT2D eigenvalue weighted by atomic mass is 19.1. The van der Waals surface area contributed by atoms with E-state index in [4.69, 9.17) is 11.1 Å². The molecule has 0 saturated carbocycles. The van der Waals surface area contributed by atoms with Crippen molar-refractivity contribution < 1.29 is 4.39 Å². The average Bonchev–Trinajstić information content (AvgIpc) is 2.38. The van der Waals surface area contributed by atoms with Crippen molar-refractivity contribution in [1.82, 2.24) is 9.80 Å². The van der Waals surface area contributed by atoms with Gasteiger partial charge < -0.3 is 5.73 Å². The Labute approximate surface area is 119 Å². The molecule has 20 heavy (non-hydrogen) atoms. The summed E-state index contributed by atoms with van der Waals surface area (Å²) in [5, 5.41) is 7.42. The van der Waals surface area contributed by atoms with Crippen molar-refractivity contribution in [3.8, 4) is 0 Å². The largest absolute Gasteiger partial charge is 0.384 e. The molecule has 0 aromatic heterocycles. The zero-order valence-corrected chi connectivity index (χ0v) is 12.2. The minimum Gasteiger partial charge on any atom is -0.384 e. The number of hydrogen-bond donors (Lipinski definition) is 2. The number of benzene rings is 1. The summed E-state index contributed by atoms with van der Waals surface area (Å²) in [5.74, 6) is -0.414. The summed E-state index contributed by atoms with van der Waals surface area (Å²) in [7, 11) is 0. The zero-order valence-electron chi connectivity index (χ0n) is 12.2. The van der Waals surface area contributed by atoms with Gasteiger partial charge in [0.05, 0.1) is 0 Å². The number of nitrogens with zero attached hydrogens (tertiary/aromatic N) is 2. The summed E-state index contributed by atoms with van der Waals surface area (Å²) >= 11 is 0. The van der Waals surface area contributed by atoms with E-state index in [1.807, 2.05) is 6.07 Å². The fourth-order valence-corrected chi connectivity index (χ4v) is 2.84. The molecule has 5 heteroatoms. The third-order valence-corrected chi connectivity index (χ3v) is 3.93. The van der Waals surface area contributed by atoms with Crippen molar-refractivity contribution >= 4 is 5.84 Å². The van der Waals surface area contributed by atoms with Crippen molar-refractivity contribution in [3.63, 3.8) is 0 Å². The molecule has 4 nitrogen and oxygen atoms in total. The lowest BCUT2D eigenvalue weighted by molar-refractivity contribution is 0.0834. The first-order valence-corrected chi connectivity index (χ1v) is 7.10. The van der Waals surface area contributed by atoms with E-state index in [2.05, 4.69) is 23.6 Å². The number of nitrogen functional groups attached to an aromatic ring is 1. The van der Waals surface area contributed by atoms with Gasteiger partial charge in [-0.25, -0.2) is 4.39 Å². The Bertz CT molecular complexity index is 489. The van der Waals surface area contributed by atoms with Crippen LogP contribution >= 0.6 is 0 Å². The zero-order chi connectivity index (χ0) is 14.7. The van der Waals surface area contributed by atoms with Gasteiger partial charge in [0, 0.05) is 37.8 Å². The second-order valence-corrected chi connectivity index (χ2v) is 5.47. The molecule has 1 aliphatic heterocycles. The first-order valence-electron chi connectivity index (χ1n) is 7.10. The quantitative estimate of drug-likeness (QED) is 0.650. The predicted octanol–water partition coefficient (Wildman–Crippen LogP) is 1.64. The minimum atomic E-state index is -0.326. The van der Waals surface area contributed by atoms with E-state index in [9.17, 15) is 4.39 Å². The summed E-state index contributed by atoms with van der Waals surface area (Å²) in [5.41, 5.74) is 6.78. The second kappa shape index (κ2) is 6.33. The number of amidine groups is 1. The average molecular weight is 278 g/mol. The van der Waals surface area contributed by atoms with E-state index in [-0.39, 0.29) is 11.7 Å². The maximum Gasteiger partial charge on any atom is 0.124 e. The molecule has 3 N–H and O–H groups in total. The topological polar surface area (TPSA) is 56.4 Å². The molecule has 110 valence electrons. The molecular weight excluding hydrogens is 255 g/mol. The van der Waals surface area contributed by atoms with Crippen LogP contribution in [-0.2, 0) is 6.54 Å². The van der Waals surface area contributed by atoms with Crippen LogP contribution in [0.15, 0.2) is 18.2 Å². The van der Waals surface area contributed by atoms with Gasteiger partial charge in [0.2, 0.25) is 0 Å². The van der Waals surface area contributed by atoms with Crippen molar-refractivity contribution in [2.45, 2.75) is 26.4 Å². The Morgan fingerprint density at radius 2 is 2.15 bits per heavy atom. The van der Waals surface area contributed by atoms with Gasteiger partial charge in [-0.15, -0.1) is 0 Å². The monoisotopic (exact) mass is 278 g/mol. The fraction of sp³-hybridized carbons (Fsp3) is 0.533. The van der Waals surface area contributed by atoms with Gasteiger partial charge in [0.1, 0.15) is 11.7 Å². The predicted molar refractivity (Wildman–Crippen MR) is 79.4 cm³/mol. The smallest absolute Gasteiger partial charge is 0.124 e. The van der Waals surface area contributed by atoms with Crippen molar-refractivity contribution in [1.29, 1.82) is 5.41 Å². The fourth-order valence-electron chi connectivity index (χ4n) is 2.84. The minimum absolute atomic E-state index is 0.0880. The van der Waals surface area contributed by atoms with Gasteiger partial charge in [-0.3, -0.25) is 15.2 Å². The Hall–Kier alpha value is -1.46. The summed E-state index contributed by atoms with van der Waals surface area (Å²) in [6.07, 6.45) is 0. The molecule has 1 unspecified atom stereocenters. The van der Waals surface area contributed by atoms with Gasteiger partial charge in [-0.05, 0) is 37.2 Å². The van der Waals surface area contributed by atoms with Crippen LogP contribution in [0.4, 0.5) is 4.39 Å². The van der Waals surface area contributed by atoms with E-state index >= 15 is 0 Å². The lowest BCUT2D eigenvalue weighted by Crippen LogP contribution is -2.51. The normalized spacial score (nSPS) is 21.1. The summed E-state index contributed by atoms with van der Waals surface area (Å²) < 4.78 is 13.6. The number of nitrogens with two attached hydrogens (primary N) is 1. The van der Waals surface area contributed by atoms with Crippen molar-refractivity contribution in [3.05, 3.63) is 35.1 Å². The summed E-state index contributed by atoms with van der Waals surface area (Å²) in [4.78, 5) is 4.78. The van der Waals surface area contributed by atoms with E-state index in [1.165, 1.54) is 12.1 Å². The van der Waals surface area contributed by atoms with Crippen molar-refractivity contribution in [2.75, 3.05) is 26.2 Å². The molecule has 0 aliphatic carbocycles. The van der Waals surface area contributed by atoms with E-state index in [1.54, 1.807) is 0 Å². The van der Waals surface area contributed by atoms with E-state index in [0.717, 1.165) is 31.7 Å². The molecule has 1 aromatic rings. The molecule has 0 amide bonds. The van der Waals surface area contributed by atoms with E-state index in [0.29, 0.717) is 18.2 Å². The van der Waals surface area contributed by atoms with Crippen LogP contribution in [0.2, 0.25) is 0 Å². The molecule has 0 bridgehead atoms. The molecule has 0 spiro atoms. The van der Waals surface area contributed by atoms with Crippen LogP contribution in [0.25, 0.3) is 0 Å². The summed E-state index contributed by atoms with van der Waals surface area (Å²) in [6, 6.07) is 5.17. The highest BCUT2D eigenvalue weighted by Crippen LogP contribution is 2.15. The highest BCUT2D eigenvalue weighted by Gasteiger charge is 2.22.